The zero-order valence-corrected chi connectivity index (χ0v) is 15.5. The van der Waals surface area contributed by atoms with E-state index in [9.17, 15) is 0 Å². The lowest BCUT2D eigenvalue weighted by Crippen LogP contribution is -2.35. The molecule has 0 bridgehead atoms. The maximum Gasteiger partial charge on any atom is 0.104 e. The second-order valence-electron chi connectivity index (χ2n) is 6.48. The molecule has 0 radical (unpaired) electrons. The number of rotatable bonds is 3. The van der Waals surface area contributed by atoms with Crippen LogP contribution in [0, 0.1) is 18.8 Å². The van der Waals surface area contributed by atoms with E-state index in [4.69, 9.17) is 5.11 Å². The number of fused-ring (bicyclic) bond motifs is 1. The molecule has 26 heavy (non-hydrogen) atoms. The van der Waals surface area contributed by atoms with Crippen molar-refractivity contribution in [2.75, 3.05) is 13.2 Å². The van der Waals surface area contributed by atoms with Crippen LogP contribution < -0.4 is 0 Å². The fourth-order valence-electron chi connectivity index (χ4n) is 3.52. The molecule has 3 aromatic rings. The summed E-state index contributed by atoms with van der Waals surface area (Å²) in [6.07, 6.45) is 2.80. The Labute approximate surface area is 157 Å². The zero-order valence-electron chi connectivity index (χ0n) is 14.7. The number of aliphatic hydroxyl groups excluding tert-OH is 1. The maximum absolute atomic E-state index is 8.86. The first kappa shape index (κ1) is 17.0. The Bertz CT molecular complexity index is 946. The van der Waals surface area contributed by atoms with E-state index in [2.05, 4.69) is 57.9 Å². The molecule has 3 heterocycles. The van der Waals surface area contributed by atoms with Crippen molar-refractivity contribution in [3.05, 3.63) is 75.0 Å². The molecule has 0 aliphatic carbocycles. The molecule has 2 aromatic heterocycles. The van der Waals surface area contributed by atoms with Gasteiger partial charge in [-0.15, -0.1) is 11.3 Å². The van der Waals surface area contributed by atoms with Crippen LogP contribution in [0.3, 0.4) is 0 Å². The quantitative estimate of drug-likeness (QED) is 0.702. The minimum atomic E-state index is -0.116. The van der Waals surface area contributed by atoms with Crippen LogP contribution in [-0.2, 0) is 13.0 Å². The van der Waals surface area contributed by atoms with Gasteiger partial charge in [0.15, 0.2) is 0 Å². The summed E-state index contributed by atoms with van der Waals surface area (Å²) in [6, 6.07) is 12.9. The van der Waals surface area contributed by atoms with Gasteiger partial charge in [-0.1, -0.05) is 24.0 Å². The third-order valence-electron chi connectivity index (χ3n) is 4.72. The predicted octanol–water partition coefficient (Wildman–Crippen LogP) is 3.27. The third-order valence-corrected chi connectivity index (χ3v) is 5.70. The summed E-state index contributed by atoms with van der Waals surface area (Å²) >= 11 is 1.86. The lowest BCUT2D eigenvalue weighted by Gasteiger charge is -2.35. The van der Waals surface area contributed by atoms with Crippen molar-refractivity contribution in [3.63, 3.8) is 0 Å². The minimum absolute atomic E-state index is 0.116. The van der Waals surface area contributed by atoms with Gasteiger partial charge in [-0.3, -0.25) is 4.90 Å². The van der Waals surface area contributed by atoms with Gasteiger partial charge in [-0.2, -0.15) is 0 Å². The molecular formula is C21H21N3OS. The second-order valence-corrected chi connectivity index (χ2v) is 7.86. The van der Waals surface area contributed by atoms with Gasteiger partial charge in [0.1, 0.15) is 6.61 Å². The second kappa shape index (κ2) is 7.46. The molecule has 4 rings (SSSR count). The number of aryl methyl sites for hydroxylation is 1. The standard InChI is InChI=1S/C21H21N3OS/c1-15-4-9-18(26-15)13-24-11-10-19-20(23-14-22-19)21(24)17-7-5-16(6-8-17)3-2-12-25/h4-9,14,21,25H,10-13H2,1H3,(H,22,23)/t21-/m0/s1. The minimum Gasteiger partial charge on any atom is -0.384 e. The number of hydrogen-bond donors (Lipinski definition) is 2. The number of nitrogens with zero attached hydrogens (tertiary/aromatic N) is 2. The molecule has 0 unspecified atom stereocenters. The van der Waals surface area contributed by atoms with Crippen LogP contribution in [0.2, 0.25) is 0 Å². The van der Waals surface area contributed by atoms with E-state index in [1.54, 1.807) is 6.33 Å². The highest BCUT2D eigenvalue weighted by Gasteiger charge is 2.31. The van der Waals surface area contributed by atoms with E-state index in [0.717, 1.165) is 30.8 Å². The zero-order chi connectivity index (χ0) is 17.9. The van der Waals surface area contributed by atoms with Crippen LogP contribution >= 0.6 is 11.3 Å². The van der Waals surface area contributed by atoms with Crippen LogP contribution in [0.5, 0.6) is 0 Å². The number of benzene rings is 1. The van der Waals surface area contributed by atoms with Gasteiger partial charge in [0.25, 0.3) is 0 Å². The first-order chi connectivity index (χ1) is 12.7. The summed E-state index contributed by atoms with van der Waals surface area (Å²) < 4.78 is 0. The van der Waals surface area contributed by atoms with Gasteiger partial charge in [0.05, 0.1) is 18.1 Å². The number of hydrogen-bond acceptors (Lipinski definition) is 4. The molecule has 0 saturated carbocycles. The molecule has 2 N–H and O–H groups in total. The van der Waals surface area contributed by atoms with Gasteiger partial charge in [0.2, 0.25) is 0 Å². The summed E-state index contributed by atoms with van der Waals surface area (Å²) in [5.41, 5.74) is 4.50. The molecule has 132 valence electrons. The fraction of sp³-hybridized carbons (Fsp3) is 0.286. The number of aromatic nitrogens is 2. The molecule has 1 aliphatic heterocycles. The Morgan fingerprint density at radius 1 is 1.27 bits per heavy atom. The fourth-order valence-corrected chi connectivity index (χ4v) is 4.44. The maximum atomic E-state index is 8.86. The van der Waals surface area contributed by atoms with E-state index in [0.29, 0.717) is 0 Å². The number of aliphatic hydroxyl groups is 1. The summed E-state index contributed by atoms with van der Waals surface area (Å²) in [5, 5.41) is 8.86. The van der Waals surface area contributed by atoms with Crippen molar-refractivity contribution in [2.45, 2.75) is 25.9 Å². The van der Waals surface area contributed by atoms with Gasteiger partial charge in [0, 0.05) is 40.5 Å². The van der Waals surface area contributed by atoms with E-state index in [1.807, 2.05) is 23.5 Å². The van der Waals surface area contributed by atoms with Crippen LogP contribution in [0.15, 0.2) is 42.7 Å². The first-order valence-electron chi connectivity index (χ1n) is 8.76. The van der Waals surface area contributed by atoms with Gasteiger partial charge < -0.3 is 10.1 Å². The Morgan fingerprint density at radius 2 is 2.12 bits per heavy atom. The SMILES string of the molecule is Cc1ccc(CN2CCc3[nH]cnc3[C@@H]2c2ccc(C#CCO)cc2)s1. The van der Waals surface area contributed by atoms with Crippen molar-refractivity contribution in [3.8, 4) is 11.8 Å². The Balaban J connectivity index is 1.66. The lowest BCUT2D eigenvalue weighted by molar-refractivity contribution is 0.202. The number of nitrogens with one attached hydrogen (secondary N) is 1. The smallest absolute Gasteiger partial charge is 0.104 e. The summed E-state index contributed by atoms with van der Waals surface area (Å²) in [6.45, 7) is 3.97. The highest BCUT2D eigenvalue weighted by atomic mass is 32.1. The van der Waals surface area contributed by atoms with Gasteiger partial charge in [-0.25, -0.2) is 4.98 Å². The summed E-state index contributed by atoms with van der Waals surface area (Å²) in [7, 11) is 0. The van der Waals surface area contributed by atoms with Crippen molar-refractivity contribution in [2.24, 2.45) is 0 Å². The summed E-state index contributed by atoms with van der Waals surface area (Å²) in [5.74, 6) is 5.66. The highest BCUT2D eigenvalue weighted by molar-refractivity contribution is 7.11. The molecule has 0 saturated heterocycles. The Hall–Kier alpha value is -2.39. The van der Waals surface area contributed by atoms with Crippen LogP contribution in [0.25, 0.3) is 0 Å². The number of thiophene rings is 1. The average Bonchev–Trinajstić information content (AvgIpc) is 3.29. The molecule has 1 atom stereocenters. The first-order valence-corrected chi connectivity index (χ1v) is 9.57. The van der Waals surface area contributed by atoms with Crippen LogP contribution in [0.1, 0.15) is 38.3 Å². The molecule has 0 amide bonds. The normalized spacial score (nSPS) is 16.8. The Morgan fingerprint density at radius 3 is 2.85 bits per heavy atom. The average molecular weight is 363 g/mol. The van der Waals surface area contributed by atoms with Crippen molar-refractivity contribution in [1.29, 1.82) is 0 Å². The van der Waals surface area contributed by atoms with Gasteiger partial charge >= 0.3 is 0 Å². The largest absolute Gasteiger partial charge is 0.384 e. The van der Waals surface area contributed by atoms with Crippen molar-refractivity contribution >= 4 is 11.3 Å². The molecule has 1 aliphatic rings. The van der Waals surface area contributed by atoms with Crippen molar-refractivity contribution < 1.29 is 5.11 Å². The molecule has 0 fully saturated rings. The number of aromatic amines is 1. The van der Waals surface area contributed by atoms with E-state index in [1.165, 1.54) is 21.0 Å². The van der Waals surface area contributed by atoms with Crippen molar-refractivity contribution in [1.82, 2.24) is 14.9 Å². The van der Waals surface area contributed by atoms with Crippen LogP contribution in [0.4, 0.5) is 0 Å². The lowest BCUT2D eigenvalue weighted by atomic mass is 9.95. The molecule has 1 aromatic carbocycles. The Kier molecular flexibility index (Phi) is 4.89. The molecule has 0 spiro atoms. The monoisotopic (exact) mass is 363 g/mol. The predicted molar refractivity (Wildman–Crippen MR) is 104 cm³/mol. The third kappa shape index (κ3) is 3.45. The van der Waals surface area contributed by atoms with E-state index in [-0.39, 0.29) is 12.6 Å². The van der Waals surface area contributed by atoms with E-state index < -0.39 is 0 Å². The molecular weight excluding hydrogens is 342 g/mol. The highest BCUT2D eigenvalue weighted by Crippen LogP contribution is 2.35. The van der Waals surface area contributed by atoms with Gasteiger partial charge in [-0.05, 0) is 36.8 Å². The van der Waals surface area contributed by atoms with E-state index >= 15 is 0 Å². The topological polar surface area (TPSA) is 52.2 Å². The number of H-pyrrole nitrogens is 1. The molecule has 5 heteroatoms. The van der Waals surface area contributed by atoms with Crippen LogP contribution in [-0.4, -0.2) is 33.1 Å². The molecule has 4 nitrogen and oxygen atoms in total. The summed E-state index contributed by atoms with van der Waals surface area (Å²) in [4.78, 5) is 13.2. The number of imidazole rings is 1.